The van der Waals surface area contributed by atoms with Crippen LogP contribution in [0.15, 0.2) is 12.1 Å². The number of nitrogens with one attached hydrogen (secondary N) is 1. The van der Waals surface area contributed by atoms with E-state index in [0.29, 0.717) is 13.1 Å². The summed E-state index contributed by atoms with van der Waals surface area (Å²) in [6.07, 6.45) is 1.30. The number of aryl methyl sites for hydroxylation is 1. The lowest BCUT2D eigenvalue weighted by Crippen LogP contribution is -2.55. The molecule has 26 heavy (non-hydrogen) atoms. The molecule has 1 N–H and O–H groups in total. The van der Waals surface area contributed by atoms with E-state index in [0.717, 1.165) is 30.0 Å². The molecule has 7 nitrogen and oxygen atoms in total. The minimum Gasteiger partial charge on any atom is -0.444 e. The average molecular weight is 360 g/mol. The zero-order valence-electron chi connectivity index (χ0n) is 16.2. The maximum atomic E-state index is 12.4. The monoisotopic (exact) mass is 360 g/mol. The Balaban J connectivity index is 1.74. The number of ether oxygens (including phenoxy) is 1. The van der Waals surface area contributed by atoms with Crippen LogP contribution in [-0.4, -0.2) is 52.7 Å². The summed E-state index contributed by atoms with van der Waals surface area (Å²) in [5, 5.41) is 2.93. The Morgan fingerprint density at radius 2 is 1.92 bits per heavy atom. The molecule has 1 fully saturated rings. The molecule has 0 saturated carbocycles. The molecule has 3 heterocycles. The van der Waals surface area contributed by atoms with Crippen molar-refractivity contribution in [2.45, 2.75) is 65.1 Å². The summed E-state index contributed by atoms with van der Waals surface area (Å²) in [4.78, 5) is 33.2. The summed E-state index contributed by atoms with van der Waals surface area (Å²) < 4.78 is 5.46. The highest BCUT2D eigenvalue weighted by molar-refractivity contribution is 6.02. The van der Waals surface area contributed by atoms with Crippen molar-refractivity contribution in [3.8, 4) is 0 Å². The lowest BCUT2D eigenvalue weighted by Gasteiger charge is -2.44. The highest BCUT2D eigenvalue weighted by atomic mass is 16.6. The number of amides is 2. The van der Waals surface area contributed by atoms with E-state index in [4.69, 9.17) is 4.74 Å². The standard InChI is InChI=1S/C19H28N4O3/c1-12-6-7-15-16(20-12)23(13(2)17(24)21-15)14-8-10-22(11-9-14)18(25)26-19(3,4)5/h6-7,13-14H,8-11H2,1-5H3,(H,21,24). The minimum atomic E-state index is -0.492. The van der Waals surface area contributed by atoms with E-state index in [-0.39, 0.29) is 24.1 Å². The van der Waals surface area contributed by atoms with Gasteiger partial charge < -0.3 is 19.9 Å². The fraction of sp³-hybridized carbons (Fsp3) is 0.632. The summed E-state index contributed by atoms with van der Waals surface area (Å²) in [7, 11) is 0. The predicted octanol–water partition coefficient (Wildman–Crippen LogP) is 2.94. The van der Waals surface area contributed by atoms with Gasteiger partial charge in [0.2, 0.25) is 5.91 Å². The molecule has 2 aliphatic heterocycles. The molecule has 1 aromatic rings. The molecule has 0 radical (unpaired) electrons. The van der Waals surface area contributed by atoms with E-state index in [9.17, 15) is 9.59 Å². The van der Waals surface area contributed by atoms with Crippen molar-refractivity contribution in [3.05, 3.63) is 17.8 Å². The summed E-state index contributed by atoms with van der Waals surface area (Å²) in [6.45, 7) is 10.7. The van der Waals surface area contributed by atoms with Gasteiger partial charge in [0.1, 0.15) is 11.6 Å². The van der Waals surface area contributed by atoms with Gasteiger partial charge in [-0.05, 0) is 59.6 Å². The highest BCUT2D eigenvalue weighted by Gasteiger charge is 2.38. The average Bonchev–Trinajstić information content (AvgIpc) is 2.55. The van der Waals surface area contributed by atoms with E-state index < -0.39 is 5.60 Å². The zero-order chi connectivity index (χ0) is 19.1. The van der Waals surface area contributed by atoms with Crippen molar-refractivity contribution >= 4 is 23.5 Å². The smallest absolute Gasteiger partial charge is 0.410 e. The second-order valence-corrected chi connectivity index (χ2v) is 8.09. The van der Waals surface area contributed by atoms with E-state index in [1.54, 1.807) is 4.90 Å². The molecule has 0 aliphatic carbocycles. The fourth-order valence-electron chi connectivity index (χ4n) is 3.53. The minimum absolute atomic E-state index is 0.0160. The first-order chi connectivity index (χ1) is 12.2. The highest BCUT2D eigenvalue weighted by Crippen LogP contribution is 2.34. The van der Waals surface area contributed by atoms with Crippen LogP contribution in [0.25, 0.3) is 0 Å². The first-order valence-electron chi connectivity index (χ1n) is 9.20. The van der Waals surface area contributed by atoms with Gasteiger partial charge in [0.25, 0.3) is 0 Å². The third-order valence-corrected chi connectivity index (χ3v) is 4.82. The molecule has 2 amide bonds. The van der Waals surface area contributed by atoms with Crippen LogP contribution in [-0.2, 0) is 9.53 Å². The molecule has 1 unspecified atom stereocenters. The molecule has 1 saturated heterocycles. The molecule has 0 bridgehead atoms. The zero-order valence-corrected chi connectivity index (χ0v) is 16.2. The van der Waals surface area contributed by atoms with Gasteiger partial charge in [-0.15, -0.1) is 0 Å². The maximum absolute atomic E-state index is 12.4. The summed E-state index contributed by atoms with van der Waals surface area (Å²) in [5.74, 6) is 0.811. The van der Waals surface area contributed by atoms with Crippen LogP contribution in [0.4, 0.5) is 16.3 Å². The number of rotatable bonds is 1. The molecule has 1 aromatic heterocycles. The van der Waals surface area contributed by atoms with Crippen LogP contribution < -0.4 is 10.2 Å². The van der Waals surface area contributed by atoms with Crippen molar-refractivity contribution in [2.24, 2.45) is 0 Å². The van der Waals surface area contributed by atoms with Crippen molar-refractivity contribution in [1.29, 1.82) is 0 Å². The van der Waals surface area contributed by atoms with E-state index in [1.165, 1.54) is 0 Å². The Bertz CT molecular complexity index is 705. The summed E-state index contributed by atoms with van der Waals surface area (Å²) in [6, 6.07) is 3.69. The Morgan fingerprint density at radius 1 is 1.27 bits per heavy atom. The SMILES string of the molecule is Cc1ccc2c(n1)N(C1CCN(C(=O)OC(C)(C)C)CC1)C(C)C(=O)N2. The molecule has 142 valence electrons. The number of anilines is 2. The van der Waals surface area contributed by atoms with Crippen LogP contribution in [0.5, 0.6) is 0 Å². The number of carbonyl (C=O) groups excluding carboxylic acids is 2. The number of likely N-dealkylation sites (tertiary alicyclic amines) is 1. The third-order valence-electron chi connectivity index (χ3n) is 4.82. The van der Waals surface area contributed by atoms with Crippen LogP contribution in [0.3, 0.4) is 0 Å². The topological polar surface area (TPSA) is 74.8 Å². The van der Waals surface area contributed by atoms with Gasteiger partial charge in [0, 0.05) is 24.8 Å². The number of hydrogen-bond donors (Lipinski definition) is 1. The predicted molar refractivity (Wildman–Crippen MR) is 100 cm³/mol. The molecule has 0 spiro atoms. The quantitative estimate of drug-likeness (QED) is 0.833. The Morgan fingerprint density at radius 3 is 2.54 bits per heavy atom. The van der Waals surface area contributed by atoms with Crippen molar-refractivity contribution in [2.75, 3.05) is 23.3 Å². The molecule has 0 aromatic carbocycles. The lowest BCUT2D eigenvalue weighted by molar-refractivity contribution is -0.117. The molecule has 7 heteroatoms. The van der Waals surface area contributed by atoms with Crippen LogP contribution in [0, 0.1) is 6.92 Å². The van der Waals surface area contributed by atoms with E-state index in [2.05, 4.69) is 15.2 Å². The first kappa shape index (κ1) is 18.5. The number of hydrogen-bond acceptors (Lipinski definition) is 5. The van der Waals surface area contributed by atoms with Gasteiger partial charge in [0.15, 0.2) is 5.82 Å². The van der Waals surface area contributed by atoms with Gasteiger partial charge >= 0.3 is 6.09 Å². The number of nitrogens with zero attached hydrogens (tertiary/aromatic N) is 3. The van der Waals surface area contributed by atoms with Crippen molar-refractivity contribution in [1.82, 2.24) is 9.88 Å². The lowest BCUT2D eigenvalue weighted by atomic mass is 9.99. The normalized spacial score (nSPS) is 21.3. The molecular weight excluding hydrogens is 332 g/mol. The molecule has 1 atom stereocenters. The fourth-order valence-corrected chi connectivity index (χ4v) is 3.53. The van der Waals surface area contributed by atoms with Crippen molar-refractivity contribution in [3.63, 3.8) is 0 Å². The number of fused-ring (bicyclic) bond motifs is 1. The van der Waals surface area contributed by atoms with Gasteiger partial charge in [-0.3, -0.25) is 4.79 Å². The van der Waals surface area contributed by atoms with E-state index >= 15 is 0 Å². The van der Waals surface area contributed by atoms with Crippen LogP contribution in [0.1, 0.15) is 46.2 Å². The van der Waals surface area contributed by atoms with E-state index in [1.807, 2.05) is 46.8 Å². The molecule has 2 aliphatic rings. The number of piperidine rings is 1. The van der Waals surface area contributed by atoms with Crippen LogP contribution >= 0.6 is 0 Å². The van der Waals surface area contributed by atoms with Gasteiger partial charge in [-0.25, -0.2) is 9.78 Å². The Kier molecular flexibility index (Phi) is 4.82. The first-order valence-corrected chi connectivity index (χ1v) is 9.20. The van der Waals surface area contributed by atoms with Crippen LogP contribution in [0.2, 0.25) is 0 Å². The largest absolute Gasteiger partial charge is 0.444 e. The number of pyridine rings is 1. The number of carbonyl (C=O) groups is 2. The molecule has 3 rings (SSSR count). The maximum Gasteiger partial charge on any atom is 0.410 e. The van der Waals surface area contributed by atoms with Gasteiger partial charge in [-0.1, -0.05) is 0 Å². The number of aromatic nitrogens is 1. The Hall–Kier alpha value is -2.31. The summed E-state index contributed by atoms with van der Waals surface area (Å²) in [5.41, 5.74) is 1.19. The van der Waals surface area contributed by atoms with Crippen molar-refractivity contribution < 1.29 is 14.3 Å². The third kappa shape index (κ3) is 3.76. The van der Waals surface area contributed by atoms with Gasteiger partial charge in [-0.2, -0.15) is 0 Å². The second-order valence-electron chi connectivity index (χ2n) is 8.09. The second kappa shape index (κ2) is 6.78. The Labute approximate surface area is 154 Å². The van der Waals surface area contributed by atoms with Gasteiger partial charge in [0.05, 0.1) is 5.69 Å². The molecular formula is C19H28N4O3. The summed E-state index contributed by atoms with van der Waals surface area (Å²) >= 11 is 0.